The number of fused-ring (bicyclic) bond motifs is 1. The smallest absolute Gasteiger partial charge is 0.343 e. The third-order valence-electron chi connectivity index (χ3n) is 4.88. The van der Waals surface area contributed by atoms with Crippen molar-refractivity contribution in [3.8, 4) is 0 Å². The van der Waals surface area contributed by atoms with E-state index in [-0.39, 0.29) is 35.8 Å². The van der Waals surface area contributed by atoms with Gasteiger partial charge in [0, 0.05) is 21.0 Å². The number of nitrogens with two attached hydrogens (primary N) is 1. The van der Waals surface area contributed by atoms with Crippen LogP contribution in [0.25, 0.3) is 11.2 Å². The molecule has 3 rings (SSSR count). The molecule has 1 aliphatic rings. The number of rotatable bonds is 11. The molecule has 3 heterocycles. The van der Waals surface area contributed by atoms with Crippen LogP contribution in [-0.4, -0.2) is 78.2 Å². The highest BCUT2D eigenvalue weighted by Gasteiger charge is 2.45. The van der Waals surface area contributed by atoms with Gasteiger partial charge in [-0.2, -0.15) is 4.98 Å². The summed E-state index contributed by atoms with van der Waals surface area (Å²) in [4.78, 5) is 43.3. The Morgan fingerprint density at radius 3 is 2.94 bits per heavy atom. The number of nitrogens with zero attached hydrogens (tertiary/aromatic N) is 3. The zero-order valence-electron chi connectivity index (χ0n) is 17.5. The van der Waals surface area contributed by atoms with Crippen LogP contribution in [0.15, 0.2) is 23.8 Å². The van der Waals surface area contributed by atoms with E-state index in [1.54, 1.807) is 0 Å². The van der Waals surface area contributed by atoms with Gasteiger partial charge in [0.05, 0.1) is 19.0 Å². The van der Waals surface area contributed by atoms with Crippen LogP contribution in [0, 0.1) is 0 Å². The van der Waals surface area contributed by atoms with Gasteiger partial charge in [0.25, 0.3) is 5.56 Å². The van der Waals surface area contributed by atoms with E-state index >= 15 is 0 Å². The molecule has 16 heteroatoms. The fraction of sp³-hybridized carbons (Fsp3) is 0.529. The highest BCUT2D eigenvalue weighted by Crippen LogP contribution is 2.61. The van der Waals surface area contributed by atoms with Crippen molar-refractivity contribution >= 4 is 38.6 Å². The molecule has 7 N–H and O–H groups in total. The lowest BCUT2D eigenvalue weighted by atomic mass is 10.1. The second-order valence-corrected chi connectivity index (χ2v) is 11.9. The Bertz CT molecular complexity index is 1110. The monoisotopic (exact) mass is 504 g/mol. The number of imidazole rings is 1. The average molecular weight is 504 g/mol. The van der Waals surface area contributed by atoms with Gasteiger partial charge in [-0.25, -0.2) is 4.98 Å². The van der Waals surface area contributed by atoms with Crippen LogP contribution in [-0.2, 0) is 18.6 Å². The number of anilines is 1. The molecule has 1 fully saturated rings. The molecule has 14 nitrogen and oxygen atoms in total. The molecule has 2 aromatic rings. The number of carbonyl (C=O) groups is 1. The number of amides is 1. The molecular formula is C17H26N6O8P2. The van der Waals surface area contributed by atoms with E-state index in [1.807, 2.05) is 0 Å². The number of H-pyrrole nitrogens is 1. The second kappa shape index (κ2) is 10.8. The van der Waals surface area contributed by atoms with Crippen LogP contribution < -0.4 is 16.6 Å². The molecule has 0 aliphatic carbocycles. The summed E-state index contributed by atoms with van der Waals surface area (Å²) in [6.45, 7) is 3.75. The first-order chi connectivity index (χ1) is 15.6. The van der Waals surface area contributed by atoms with E-state index in [0.717, 1.165) is 6.08 Å². The van der Waals surface area contributed by atoms with E-state index in [4.69, 9.17) is 15.0 Å². The molecule has 6 atom stereocenters. The standard InChI is InChI=1S/C17H26N6O8P2/c1-2-10(24)19-5-3-4-6-30-33(28,29)32-7-9-12(25)13(26)16(31-9)23-8-20-11-14(23)21-17(18)22-15(11)27/h2,8-9,12-13,16,25-26,32H,1,3-7H2,(H,19,24)(H,28,29)(H3,18,21,22,27)/t9-,12-,13-,16-/m1/s1. The molecule has 0 spiro atoms. The number of ether oxygens (including phenoxy) is 1. The molecule has 0 saturated carbocycles. The Hall–Kier alpha value is -2.18. The lowest BCUT2D eigenvalue weighted by molar-refractivity contribution is -0.116. The van der Waals surface area contributed by atoms with Crippen LogP contribution in [0.3, 0.4) is 0 Å². The normalized spacial score (nSPS) is 24.9. The molecule has 182 valence electrons. The number of hydrogen-bond donors (Lipinski definition) is 6. The molecule has 1 saturated heterocycles. The van der Waals surface area contributed by atoms with Crippen molar-refractivity contribution in [3.05, 3.63) is 29.3 Å². The number of carbonyl (C=O) groups excluding carboxylic acids is 1. The molecular weight excluding hydrogens is 478 g/mol. The lowest BCUT2D eigenvalue weighted by Gasteiger charge is -2.17. The van der Waals surface area contributed by atoms with Gasteiger partial charge in [0.15, 0.2) is 17.4 Å². The third-order valence-corrected chi connectivity index (χ3v) is 8.53. The van der Waals surface area contributed by atoms with Gasteiger partial charge in [0.2, 0.25) is 11.9 Å². The SMILES string of the molecule is C=CC(=O)NCCCCOP(=O)(O)PC[C@H]1O[C@@H](n2cnc3c(=O)[nH]c(N)nc32)[C@H](O)[C@@H]1O. The lowest BCUT2D eigenvalue weighted by Crippen LogP contribution is -2.32. The van der Waals surface area contributed by atoms with Gasteiger partial charge < -0.3 is 35.4 Å². The van der Waals surface area contributed by atoms with Crippen molar-refractivity contribution < 1.29 is 33.7 Å². The van der Waals surface area contributed by atoms with E-state index < -0.39 is 45.7 Å². The predicted octanol–water partition coefficient (Wildman–Crippen LogP) is -0.801. The highest BCUT2D eigenvalue weighted by atomic mass is 32.1. The van der Waals surface area contributed by atoms with E-state index in [9.17, 15) is 29.3 Å². The minimum Gasteiger partial charge on any atom is -0.388 e. The van der Waals surface area contributed by atoms with E-state index in [1.165, 1.54) is 10.9 Å². The Morgan fingerprint density at radius 1 is 1.45 bits per heavy atom. The first-order valence-corrected chi connectivity index (χ1v) is 13.6. The fourth-order valence-electron chi connectivity index (χ4n) is 3.21. The second-order valence-electron chi connectivity index (χ2n) is 7.24. The summed E-state index contributed by atoms with van der Waals surface area (Å²) < 4.78 is 24.4. The topological polar surface area (TPSA) is 215 Å². The number of hydrogen-bond acceptors (Lipinski definition) is 10. The van der Waals surface area contributed by atoms with Crippen LogP contribution in [0.1, 0.15) is 19.1 Å². The maximum Gasteiger partial charge on any atom is 0.343 e. The zero-order valence-corrected chi connectivity index (χ0v) is 19.4. The minimum absolute atomic E-state index is 0.0165. The minimum atomic E-state index is -3.94. The number of nitrogens with one attached hydrogen (secondary N) is 2. The summed E-state index contributed by atoms with van der Waals surface area (Å²) in [7, 11) is -4.54. The average Bonchev–Trinajstić information content (AvgIpc) is 3.30. The quantitative estimate of drug-likeness (QED) is 0.126. The third kappa shape index (κ3) is 6.24. The van der Waals surface area contributed by atoms with Crippen LogP contribution in [0.5, 0.6) is 0 Å². The first kappa shape index (κ1) is 25.4. The molecule has 0 radical (unpaired) electrons. The summed E-state index contributed by atoms with van der Waals surface area (Å²) in [5.41, 5.74) is 5.05. The van der Waals surface area contributed by atoms with Crippen molar-refractivity contribution in [2.75, 3.05) is 25.0 Å². The fourth-order valence-corrected chi connectivity index (χ4v) is 6.20. The van der Waals surface area contributed by atoms with Crippen LogP contribution in [0.4, 0.5) is 5.95 Å². The number of aliphatic hydroxyl groups excluding tert-OH is 2. The molecule has 2 unspecified atom stereocenters. The molecule has 1 aliphatic heterocycles. The first-order valence-electron chi connectivity index (χ1n) is 9.99. The van der Waals surface area contributed by atoms with Crippen molar-refractivity contribution in [3.63, 3.8) is 0 Å². The number of aromatic nitrogens is 4. The number of nitrogen functional groups attached to an aromatic ring is 1. The van der Waals surface area contributed by atoms with Crippen molar-refractivity contribution in [1.29, 1.82) is 0 Å². The Labute approximate surface area is 189 Å². The number of aliphatic hydroxyl groups is 2. The van der Waals surface area contributed by atoms with Gasteiger partial charge in [-0.15, -0.1) is 0 Å². The van der Waals surface area contributed by atoms with Crippen molar-refractivity contribution in [2.45, 2.75) is 37.4 Å². The maximum atomic E-state index is 12.3. The van der Waals surface area contributed by atoms with Gasteiger partial charge in [-0.1, -0.05) is 6.58 Å². The number of unbranched alkanes of at least 4 members (excludes halogenated alkanes) is 1. The molecule has 1 amide bonds. The van der Waals surface area contributed by atoms with Crippen LogP contribution >= 0.6 is 15.6 Å². The highest BCUT2D eigenvalue weighted by molar-refractivity contribution is 8.19. The Kier molecular flexibility index (Phi) is 8.35. The van der Waals surface area contributed by atoms with Gasteiger partial charge >= 0.3 is 7.28 Å². The predicted molar refractivity (Wildman–Crippen MR) is 120 cm³/mol. The van der Waals surface area contributed by atoms with Crippen molar-refractivity contribution in [2.24, 2.45) is 0 Å². The molecule has 33 heavy (non-hydrogen) atoms. The Balaban J connectivity index is 1.53. The summed E-state index contributed by atoms with van der Waals surface area (Å²) >= 11 is 0. The molecule has 2 aromatic heterocycles. The summed E-state index contributed by atoms with van der Waals surface area (Å²) in [6, 6.07) is 0. The van der Waals surface area contributed by atoms with E-state index in [2.05, 4.69) is 26.8 Å². The molecule has 0 aromatic carbocycles. The summed E-state index contributed by atoms with van der Waals surface area (Å²) in [5.74, 6) is -0.447. The zero-order chi connectivity index (χ0) is 24.2. The van der Waals surface area contributed by atoms with Gasteiger partial charge in [-0.05, 0) is 18.9 Å². The number of aromatic amines is 1. The largest absolute Gasteiger partial charge is 0.388 e. The van der Waals surface area contributed by atoms with E-state index in [0.29, 0.717) is 19.4 Å². The van der Waals surface area contributed by atoms with Crippen molar-refractivity contribution in [1.82, 2.24) is 24.8 Å². The van der Waals surface area contributed by atoms with Gasteiger partial charge in [-0.3, -0.25) is 23.7 Å². The summed E-state index contributed by atoms with van der Waals surface area (Å²) in [5, 5.41) is 23.4. The summed E-state index contributed by atoms with van der Waals surface area (Å²) in [6.07, 6.45) is -1.48. The van der Waals surface area contributed by atoms with Gasteiger partial charge in [0.1, 0.15) is 12.2 Å². The molecule has 0 bridgehead atoms. The maximum absolute atomic E-state index is 12.3. The Morgan fingerprint density at radius 2 is 2.21 bits per heavy atom. The van der Waals surface area contributed by atoms with Crippen LogP contribution in [0.2, 0.25) is 0 Å².